The number of rotatable bonds is 3. The molecule has 21 heavy (non-hydrogen) atoms. The van der Waals surface area contributed by atoms with Gasteiger partial charge in [0.05, 0.1) is 0 Å². The molecule has 2 aromatic heterocycles. The molecule has 3 rings (SSSR count). The van der Waals surface area contributed by atoms with Crippen molar-refractivity contribution in [3.8, 4) is 23.0 Å². The highest BCUT2D eigenvalue weighted by molar-refractivity contribution is 5.82. The number of carbonyl (C=O) groups excluding carboxylic acids is 1. The normalized spacial score (nSPS) is 10.8. The van der Waals surface area contributed by atoms with Crippen LogP contribution >= 0.6 is 0 Å². The maximum atomic E-state index is 11.1. The molecule has 5 heteroatoms. The molecule has 1 N–H and O–H groups in total. The van der Waals surface area contributed by atoms with Crippen LogP contribution in [0.2, 0.25) is 0 Å². The van der Waals surface area contributed by atoms with Gasteiger partial charge in [-0.3, -0.25) is 4.79 Å². The molecular weight excluding hydrogens is 266 g/mol. The fourth-order valence-corrected chi connectivity index (χ4v) is 2.29. The molecule has 5 nitrogen and oxygen atoms in total. The minimum Gasteiger partial charge on any atom is -0.415 e. The van der Waals surface area contributed by atoms with Crippen molar-refractivity contribution >= 4 is 6.29 Å². The molecule has 0 fully saturated rings. The number of hydrogen-bond acceptors (Lipinski definition) is 4. The Morgan fingerprint density at radius 3 is 2.33 bits per heavy atom. The van der Waals surface area contributed by atoms with Crippen LogP contribution < -0.4 is 0 Å². The standard InChI is InChI=1S/C16H15N3O2/c1-9-4-6-12(7-5-9)15-18-19-16(21-15)14-10(2)13(8-20)11(3)17-14/h4-8,17H,1-3H3. The van der Waals surface area contributed by atoms with Gasteiger partial charge in [0, 0.05) is 16.8 Å². The van der Waals surface area contributed by atoms with E-state index in [1.807, 2.05) is 45.0 Å². The average molecular weight is 281 g/mol. The number of benzene rings is 1. The molecule has 0 unspecified atom stereocenters. The molecule has 0 bridgehead atoms. The molecule has 0 saturated heterocycles. The van der Waals surface area contributed by atoms with Gasteiger partial charge in [-0.1, -0.05) is 17.7 Å². The van der Waals surface area contributed by atoms with Crippen LogP contribution in [0, 0.1) is 20.8 Å². The first kappa shape index (κ1) is 13.3. The largest absolute Gasteiger partial charge is 0.415 e. The van der Waals surface area contributed by atoms with E-state index in [0.717, 1.165) is 23.1 Å². The molecule has 0 atom stereocenters. The molecule has 0 amide bonds. The van der Waals surface area contributed by atoms with Crippen LogP contribution in [0.25, 0.3) is 23.0 Å². The highest BCUT2D eigenvalue weighted by Gasteiger charge is 2.18. The zero-order chi connectivity index (χ0) is 15.0. The van der Waals surface area contributed by atoms with E-state index >= 15 is 0 Å². The van der Waals surface area contributed by atoms with E-state index in [2.05, 4.69) is 15.2 Å². The highest BCUT2D eigenvalue weighted by Crippen LogP contribution is 2.28. The second kappa shape index (κ2) is 5.01. The van der Waals surface area contributed by atoms with Crippen LogP contribution in [0.5, 0.6) is 0 Å². The van der Waals surface area contributed by atoms with E-state index in [1.165, 1.54) is 5.56 Å². The number of hydrogen-bond donors (Lipinski definition) is 1. The molecule has 0 aliphatic carbocycles. The monoisotopic (exact) mass is 281 g/mol. The number of aromatic nitrogens is 3. The van der Waals surface area contributed by atoms with Crippen molar-refractivity contribution < 1.29 is 9.21 Å². The van der Waals surface area contributed by atoms with Gasteiger partial charge >= 0.3 is 0 Å². The Kier molecular flexibility index (Phi) is 3.17. The lowest BCUT2D eigenvalue weighted by atomic mass is 10.1. The molecule has 0 radical (unpaired) electrons. The van der Waals surface area contributed by atoms with E-state index in [1.54, 1.807) is 0 Å². The Balaban J connectivity index is 2.02. The van der Waals surface area contributed by atoms with Crippen molar-refractivity contribution in [2.75, 3.05) is 0 Å². The summed E-state index contributed by atoms with van der Waals surface area (Å²) in [5.74, 6) is 0.851. The first-order valence-corrected chi connectivity index (χ1v) is 6.65. The van der Waals surface area contributed by atoms with Crippen molar-refractivity contribution in [2.45, 2.75) is 20.8 Å². The summed E-state index contributed by atoms with van der Waals surface area (Å²) in [7, 11) is 0. The zero-order valence-corrected chi connectivity index (χ0v) is 12.1. The third kappa shape index (κ3) is 2.27. The lowest BCUT2D eigenvalue weighted by Gasteiger charge is -1.96. The molecular formula is C16H15N3O2. The predicted molar refractivity (Wildman–Crippen MR) is 79.1 cm³/mol. The molecule has 0 spiro atoms. The fourth-order valence-electron chi connectivity index (χ4n) is 2.29. The first-order chi connectivity index (χ1) is 10.1. The molecule has 0 saturated carbocycles. The lowest BCUT2D eigenvalue weighted by molar-refractivity contribution is 0.112. The number of aryl methyl sites for hydroxylation is 2. The second-order valence-electron chi connectivity index (χ2n) is 5.06. The van der Waals surface area contributed by atoms with Gasteiger partial charge in [-0.25, -0.2) is 0 Å². The molecule has 0 aliphatic rings. The van der Waals surface area contributed by atoms with Gasteiger partial charge in [-0.15, -0.1) is 10.2 Å². The minimum absolute atomic E-state index is 0.388. The van der Waals surface area contributed by atoms with E-state index in [-0.39, 0.29) is 0 Å². The van der Waals surface area contributed by atoms with Gasteiger partial charge < -0.3 is 9.40 Å². The number of H-pyrrole nitrogens is 1. The van der Waals surface area contributed by atoms with Crippen molar-refractivity contribution in [1.82, 2.24) is 15.2 Å². The summed E-state index contributed by atoms with van der Waals surface area (Å²) in [5.41, 5.74) is 5.00. The molecule has 1 aromatic carbocycles. The SMILES string of the molecule is Cc1ccc(-c2nnc(-c3[nH]c(C)c(C=O)c3C)o2)cc1. The molecule has 2 heterocycles. The van der Waals surface area contributed by atoms with Gasteiger partial charge in [-0.05, 0) is 38.5 Å². The van der Waals surface area contributed by atoms with E-state index in [0.29, 0.717) is 23.0 Å². The number of aldehydes is 1. The lowest BCUT2D eigenvalue weighted by Crippen LogP contribution is -1.83. The number of nitrogens with zero attached hydrogens (tertiary/aromatic N) is 2. The van der Waals surface area contributed by atoms with Gasteiger partial charge in [0.1, 0.15) is 5.69 Å². The smallest absolute Gasteiger partial charge is 0.264 e. The second-order valence-corrected chi connectivity index (χ2v) is 5.06. The topological polar surface area (TPSA) is 71.8 Å². The minimum atomic E-state index is 0.388. The number of aromatic amines is 1. The maximum Gasteiger partial charge on any atom is 0.264 e. The fraction of sp³-hybridized carbons (Fsp3) is 0.188. The van der Waals surface area contributed by atoms with Crippen molar-refractivity contribution in [3.63, 3.8) is 0 Å². The van der Waals surface area contributed by atoms with Gasteiger partial charge in [0.15, 0.2) is 6.29 Å². The van der Waals surface area contributed by atoms with Crippen LogP contribution in [-0.4, -0.2) is 21.5 Å². The van der Waals surface area contributed by atoms with Crippen LogP contribution in [0.1, 0.15) is 27.2 Å². The Hall–Kier alpha value is -2.69. The number of nitrogens with one attached hydrogen (secondary N) is 1. The van der Waals surface area contributed by atoms with Gasteiger partial charge in [-0.2, -0.15) is 0 Å². The first-order valence-electron chi connectivity index (χ1n) is 6.65. The van der Waals surface area contributed by atoms with Gasteiger partial charge in [0.25, 0.3) is 5.89 Å². The summed E-state index contributed by atoms with van der Waals surface area (Å²) in [6.07, 6.45) is 0.835. The molecule has 0 aliphatic heterocycles. The summed E-state index contributed by atoms with van der Waals surface area (Å²) in [6.45, 7) is 5.73. The quantitative estimate of drug-likeness (QED) is 0.746. The Morgan fingerprint density at radius 2 is 1.71 bits per heavy atom. The number of carbonyl (C=O) groups is 1. The molecule has 3 aromatic rings. The molecule has 106 valence electrons. The van der Waals surface area contributed by atoms with Crippen molar-refractivity contribution in [1.29, 1.82) is 0 Å². The van der Waals surface area contributed by atoms with Crippen LogP contribution in [0.15, 0.2) is 28.7 Å². The van der Waals surface area contributed by atoms with E-state index < -0.39 is 0 Å². The van der Waals surface area contributed by atoms with Gasteiger partial charge in [0.2, 0.25) is 5.89 Å². The maximum absolute atomic E-state index is 11.1. The zero-order valence-electron chi connectivity index (χ0n) is 12.1. The van der Waals surface area contributed by atoms with Crippen molar-refractivity contribution in [2.24, 2.45) is 0 Å². The Morgan fingerprint density at radius 1 is 1.05 bits per heavy atom. The van der Waals surface area contributed by atoms with Crippen LogP contribution in [0.3, 0.4) is 0 Å². The average Bonchev–Trinajstić information content (AvgIpc) is 3.05. The van der Waals surface area contributed by atoms with Crippen LogP contribution in [0.4, 0.5) is 0 Å². The highest BCUT2D eigenvalue weighted by atomic mass is 16.4. The third-order valence-electron chi connectivity index (χ3n) is 3.55. The summed E-state index contributed by atoms with van der Waals surface area (Å²) in [6, 6.07) is 7.87. The van der Waals surface area contributed by atoms with E-state index in [4.69, 9.17) is 4.42 Å². The third-order valence-corrected chi connectivity index (χ3v) is 3.55. The van der Waals surface area contributed by atoms with E-state index in [9.17, 15) is 4.79 Å². The summed E-state index contributed by atoms with van der Waals surface area (Å²) >= 11 is 0. The summed E-state index contributed by atoms with van der Waals surface area (Å²) in [4.78, 5) is 14.2. The van der Waals surface area contributed by atoms with Crippen molar-refractivity contribution in [3.05, 3.63) is 46.6 Å². The Labute approximate surface area is 122 Å². The predicted octanol–water partition coefficient (Wildman–Crippen LogP) is 3.47. The summed E-state index contributed by atoms with van der Waals surface area (Å²) < 4.78 is 5.72. The van der Waals surface area contributed by atoms with Crippen LogP contribution in [-0.2, 0) is 0 Å². The summed E-state index contributed by atoms with van der Waals surface area (Å²) in [5, 5.41) is 8.14. The Bertz CT molecular complexity index is 798.